The van der Waals surface area contributed by atoms with Crippen LogP contribution in [0.2, 0.25) is 0 Å². The molecule has 1 saturated carbocycles. The number of benzene rings is 1. The van der Waals surface area contributed by atoms with Gasteiger partial charge in [-0.1, -0.05) is 18.9 Å². The van der Waals surface area contributed by atoms with Crippen molar-refractivity contribution < 1.29 is 28.2 Å². The van der Waals surface area contributed by atoms with E-state index in [4.69, 9.17) is 5.11 Å². The van der Waals surface area contributed by atoms with Crippen molar-refractivity contribution in [2.45, 2.75) is 44.3 Å². The summed E-state index contributed by atoms with van der Waals surface area (Å²) >= 11 is 0. The van der Waals surface area contributed by atoms with E-state index in [9.17, 15) is 18.4 Å². The van der Waals surface area contributed by atoms with E-state index in [1.807, 2.05) is 0 Å². The SMILES string of the molecule is O=C(O)CC1(NC(=O)c2cccc(OC(F)F)c2)CCCC1. The Bertz CT molecular complexity index is 556. The molecule has 22 heavy (non-hydrogen) atoms. The number of hydrogen-bond acceptors (Lipinski definition) is 3. The number of alkyl halides is 2. The van der Waals surface area contributed by atoms with E-state index in [0.717, 1.165) is 12.8 Å². The minimum atomic E-state index is -2.97. The zero-order chi connectivity index (χ0) is 16.2. The highest BCUT2D eigenvalue weighted by molar-refractivity contribution is 5.95. The van der Waals surface area contributed by atoms with Crippen molar-refractivity contribution in [1.29, 1.82) is 0 Å². The molecular formula is C15H17F2NO4. The average molecular weight is 313 g/mol. The fraction of sp³-hybridized carbons (Fsp3) is 0.467. The highest BCUT2D eigenvalue weighted by Crippen LogP contribution is 2.33. The molecule has 5 nitrogen and oxygen atoms in total. The molecule has 1 fully saturated rings. The third-order valence-corrected chi connectivity index (χ3v) is 3.75. The van der Waals surface area contributed by atoms with E-state index in [1.54, 1.807) is 0 Å². The molecule has 0 heterocycles. The summed E-state index contributed by atoms with van der Waals surface area (Å²) in [5, 5.41) is 11.8. The van der Waals surface area contributed by atoms with Crippen LogP contribution in [0.15, 0.2) is 24.3 Å². The molecule has 2 N–H and O–H groups in total. The predicted octanol–water partition coefficient (Wildman–Crippen LogP) is 2.81. The van der Waals surface area contributed by atoms with E-state index in [2.05, 4.69) is 10.1 Å². The molecule has 1 amide bonds. The van der Waals surface area contributed by atoms with Crippen LogP contribution in [0.5, 0.6) is 5.75 Å². The Morgan fingerprint density at radius 1 is 1.32 bits per heavy atom. The Balaban J connectivity index is 2.12. The number of carbonyl (C=O) groups excluding carboxylic acids is 1. The van der Waals surface area contributed by atoms with Gasteiger partial charge in [-0.3, -0.25) is 9.59 Å². The number of carbonyl (C=O) groups is 2. The largest absolute Gasteiger partial charge is 0.481 e. The molecule has 120 valence electrons. The normalized spacial score (nSPS) is 16.5. The first-order valence-corrected chi connectivity index (χ1v) is 6.99. The molecule has 1 aromatic carbocycles. The van der Waals surface area contributed by atoms with Crippen LogP contribution in [0, 0.1) is 0 Å². The fourth-order valence-corrected chi connectivity index (χ4v) is 2.81. The number of carboxylic acids is 1. The van der Waals surface area contributed by atoms with Gasteiger partial charge in [-0.2, -0.15) is 8.78 Å². The Kier molecular flexibility index (Phi) is 4.95. The van der Waals surface area contributed by atoms with Crippen molar-refractivity contribution in [2.24, 2.45) is 0 Å². The molecule has 0 unspecified atom stereocenters. The molecule has 0 bridgehead atoms. The van der Waals surface area contributed by atoms with E-state index in [0.29, 0.717) is 12.8 Å². The summed E-state index contributed by atoms with van der Waals surface area (Å²) in [6.45, 7) is -2.97. The first-order valence-electron chi connectivity index (χ1n) is 6.99. The number of amides is 1. The van der Waals surface area contributed by atoms with E-state index < -0.39 is 24.0 Å². The summed E-state index contributed by atoms with van der Waals surface area (Å²) in [6.07, 6.45) is 2.74. The van der Waals surface area contributed by atoms with Crippen molar-refractivity contribution in [2.75, 3.05) is 0 Å². The summed E-state index contributed by atoms with van der Waals surface area (Å²) in [4.78, 5) is 23.3. The molecule has 1 aliphatic rings. The minimum absolute atomic E-state index is 0.110. The lowest BCUT2D eigenvalue weighted by Gasteiger charge is -2.28. The topological polar surface area (TPSA) is 75.6 Å². The number of ether oxygens (including phenoxy) is 1. The zero-order valence-electron chi connectivity index (χ0n) is 11.9. The van der Waals surface area contributed by atoms with Crippen molar-refractivity contribution >= 4 is 11.9 Å². The summed E-state index contributed by atoms with van der Waals surface area (Å²) in [6, 6.07) is 5.44. The molecule has 0 saturated heterocycles. The molecule has 0 aromatic heterocycles. The Hall–Kier alpha value is -2.18. The number of aliphatic carboxylic acids is 1. The molecular weight excluding hydrogens is 296 g/mol. The Labute approximate surface area is 126 Å². The number of halogens is 2. The van der Waals surface area contributed by atoms with Gasteiger partial charge in [0.15, 0.2) is 0 Å². The molecule has 1 aliphatic carbocycles. The van der Waals surface area contributed by atoms with Gasteiger partial charge in [0.05, 0.1) is 12.0 Å². The monoisotopic (exact) mass is 313 g/mol. The van der Waals surface area contributed by atoms with E-state index >= 15 is 0 Å². The molecule has 7 heteroatoms. The second-order valence-corrected chi connectivity index (χ2v) is 5.42. The minimum Gasteiger partial charge on any atom is -0.481 e. The summed E-state index contributed by atoms with van der Waals surface area (Å²) in [5.74, 6) is -1.57. The van der Waals surface area contributed by atoms with E-state index in [1.165, 1.54) is 24.3 Å². The van der Waals surface area contributed by atoms with Crippen LogP contribution in [0.1, 0.15) is 42.5 Å². The van der Waals surface area contributed by atoms with Crippen LogP contribution < -0.4 is 10.1 Å². The Morgan fingerprint density at radius 2 is 2.00 bits per heavy atom. The fourth-order valence-electron chi connectivity index (χ4n) is 2.81. The number of carboxylic acid groups (broad SMARTS) is 1. The van der Waals surface area contributed by atoms with Crippen LogP contribution >= 0.6 is 0 Å². The predicted molar refractivity (Wildman–Crippen MR) is 74.0 cm³/mol. The first kappa shape index (κ1) is 16.2. The van der Waals surface area contributed by atoms with Gasteiger partial charge < -0.3 is 15.2 Å². The highest BCUT2D eigenvalue weighted by Gasteiger charge is 2.37. The van der Waals surface area contributed by atoms with Crippen molar-refractivity contribution in [3.63, 3.8) is 0 Å². The smallest absolute Gasteiger partial charge is 0.387 e. The summed E-state index contributed by atoms with van der Waals surface area (Å²) in [5.41, 5.74) is -0.600. The molecule has 2 rings (SSSR count). The lowest BCUT2D eigenvalue weighted by molar-refractivity contribution is -0.138. The van der Waals surface area contributed by atoms with Gasteiger partial charge in [0, 0.05) is 5.56 Å². The third kappa shape index (κ3) is 4.16. The van der Waals surface area contributed by atoms with Crippen LogP contribution in [-0.2, 0) is 4.79 Å². The van der Waals surface area contributed by atoms with Gasteiger partial charge in [0.2, 0.25) is 0 Å². The maximum atomic E-state index is 12.3. The van der Waals surface area contributed by atoms with Crippen LogP contribution in [0.3, 0.4) is 0 Å². The lowest BCUT2D eigenvalue weighted by atomic mass is 9.92. The average Bonchev–Trinajstić information content (AvgIpc) is 2.85. The maximum Gasteiger partial charge on any atom is 0.387 e. The van der Waals surface area contributed by atoms with Gasteiger partial charge >= 0.3 is 12.6 Å². The van der Waals surface area contributed by atoms with Crippen LogP contribution in [0.25, 0.3) is 0 Å². The van der Waals surface area contributed by atoms with Gasteiger partial charge in [0.25, 0.3) is 5.91 Å². The van der Waals surface area contributed by atoms with Gasteiger partial charge in [-0.15, -0.1) is 0 Å². The lowest BCUT2D eigenvalue weighted by Crippen LogP contribution is -2.47. The molecule has 0 atom stereocenters. The van der Waals surface area contributed by atoms with Crippen molar-refractivity contribution in [1.82, 2.24) is 5.32 Å². The zero-order valence-corrected chi connectivity index (χ0v) is 11.9. The maximum absolute atomic E-state index is 12.3. The van der Waals surface area contributed by atoms with Crippen molar-refractivity contribution in [3.05, 3.63) is 29.8 Å². The Morgan fingerprint density at radius 3 is 2.59 bits per heavy atom. The highest BCUT2D eigenvalue weighted by atomic mass is 19.3. The molecule has 0 spiro atoms. The van der Waals surface area contributed by atoms with Crippen LogP contribution in [0.4, 0.5) is 8.78 Å². The number of nitrogens with one attached hydrogen (secondary N) is 1. The molecule has 1 aromatic rings. The first-order chi connectivity index (χ1) is 10.4. The molecule has 0 aliphatic heterocycles. The summed E-state index contributed by atoms with van der Waals surface area (Å²) in [7, 11) is 0. The summed E-state index contributed by atoms with van der Waals surface area (Å²) < 4.78 is 28.7. The second kappa shape index (κ2) is 6.72. The van der Waals surface area contributed by atoms with Crippen LogP contribution in [-0.4, -0.2) is 29.1 Å². The standard InChI is InChI=1S/C15H17F2NO4/c16-14(17)22-11-5-3-4-10(8-11)13(21)18-15(9-12(19)20)6-1-2-7-15/h3-5,8,14H,1-2,6-7,9H2,(H,18,21)(H,19,20). The van der Waals surface area contributed by atoms with Gasteiger partial charge in [-0.05, 0) is 31.0 Å². The number of rotatable bonds is 6. The quantitative estimate of drug-likeness (QED) is 0.847. The van der Waals surface area contributed by atoms with Crippen molar-refractivity contribution in [3.8, 4) is 5.75 Å². The van der Waals surface area contributed by atoms with Gasteiger partial charge in [0.1, 0.15) is 5.75 Å². The van der Waals surface area contributed by atoms with E-state index in [-0.39, 0.29) is 17.7 Å². The third-order valence-electron chi connectivity index (χ3n) is 3.75. The number of hydrogen-bond donors (Lipinski definition) is 2. The molecule has 0 radical (unpaired) electrons. The van der Waals surface area contributed by atoms with Gasteiger partial charge in [-0.25, -0.2) is 0 Å². The second-order valence-electron chi connectivity index (χ2n) is 5.42.